The SMILES string of the molecule is O=C(O)C(O)c1cccnc1. The molecule has 4 nitrogen and oxygen atoms in total. The van der Waals surface area contributed by atoms with E-state index in [1.54, 1.807) is 6.07 Å². The number of carboxylic acid groups (broad SMARTS) is 1. The van der Waals surface area contributed by atoms with Crippen molar-refractivity contribution in [2.45, 2.75) is 6.10 Å². The van der Waals surface area contributed by atoms with Crippen molar-refractivity contribution in [3.8, 4) is 0 Å². The van der Waals surface area contributed by atoms with Crippen LogP contribution in [0.25, 0.3) is 0 Å². The molecule has 0 bridgehead atoms. The summed E-state index contributed by atoms with van der Waals surface area (Å²) in [5, 5.41) is 17.3. The highest BCUT2D eigenvalue weighted by atomic mass is 16.4. The van der Waals surface area contributed by atoms with Crippen molar-refractivity contribution in [2.24, 2.45) is 0 Å². The summed E-state index contributed by atoms with van der Waals surface area (Å²) in [6.07, 6.45) is 1.36. The van der Waals surface area contributed by atoms with Gasteiger partial charge in [0.05, 0.1) is 0 Å². The molecular formula is C7H7NO3. The molecule has 58 valence electrons. The number of pyridine rings is 1. The van der Waals surface area contributed by atoms with Gasteiger partial charge in [-0.05, 0) is 6.07 Å². The Labute approximate surface area is 63.1 Å². The van der Waals surface area contributed by atoms with Crippen molar-refractivity contribution < 1.29 is 15.0 Å². The Morgan fingerprint density at radius 2 is 2.36 bits per heavy atom. The van der Waals surface area contributed by atoms with Crippen LogP contribution in [0.4, 0.5) is 0 Å². The molecule has 11 heavy (non-hydrogen) atoms. The molecule has 0 aliphatic rings. The fraction of sp³-hybridized carbons (Fsp3) is 0.143. The molecule has 0 fully saturated rings. The van der Waals surface area contributed by atoms with Gasteiger partial charge in [-0.25, -0.2) is 4.79 Å². The maximum atomic E-state index is 10.2. The molecule has 2 N–H and O–H groups in total. The highest BCUT2D eigenvalue weighted by molar-refractivity contribution is 5.73. The van der Waals surface area contributed by atoms with Gasteiger partial charge in [-0.15, -0.1) is 0 Å². The number of hydrogen-bond donors (Lipinski definition) is 2. The molecule has 1 aromatic rings. The number of carbonyl (C=O) groups is 1. The standard InChI is InChI=1S/C7H7NO3/c9-6(7(10)11)5-2-1-3-8-4-5/h1-4,6,9H,(H,10,11). The van der Waals surface area contributed by atoms with Gasteiger partial charge in [-0.2, -0.15) is 0 Å². The van der Waals surface area contributed by atoms with E-state index in [1.807, 2.05) is 0 Å². The van der Waals surface area contributed by atoms with Crippen molar-refractivity contribution in [3.05, 3.63) is 30.1 Å². The lowest BCUT2D eigenvalue weighted by molar-refractivity contribution is -0.146. The van der Waals surface area contributed by atoms with Crippen molar-refractivity contribution in [3.63, 3.8) is 0 Å². The summed E-state index contributed by atoms with van der Waals surface area (Å²) in [4.78, 5) is 13.9. The number of nitrogens with zero attached hydrogens (tertiary/aromatic N) is 1. The number of hydrogen-bond acceptors (Lipinski definition) is 3. The van der Waals surface area contributed by atoms with Crippen LogP contribution in [0, 0.1) is 0 Å². The topological polar surface area (TPSA) is 70.4 Å². The van der Waals surface area contributed by atoms with Gasteiger partial charge in [-0.3, -0.25) is 4.98 Å². The normalized spacial score (nSPS) is 12.5. The second-order valence-electron chi connectivity index (χ2n) is 2.03. The Bertz CT molecular complexity index is 247. The van der Waals surface area contributed by atoms with Crippen LogP contribution in [-0.2, 0) is 4.79 Å². The Balaban J connectivity index is 2.85. The minimum absolute atomic E-state index is 0.292. The van der Waals surface area contributed by atoms with Crippen LogP contribution < -0.4 is 0 Å². The van der Waals surface area contributed by atoms with Gasteiger partial charge in [-0.1, -0.05) is 6.07 Å². The van der Waals surface area contributed by atoms with E-state index in [1.165, 1.54) is 18.5 Å². The predicted octanol–water partition coefficient (Wildman–Crippen LogP) is 0.200. The van der Waals surface area contributed by atoms with E-state index < -0.39 is 12.1 Å². The van der Waals surface area contributed by atoms with Crippen LogP contribution in [0.1, 0.15) is 11.7 Å². The van der Waals surface area contributed by atoms with Gasteiger partial charge >= 0.3 is 5.97 Å². The summed E-state index contributed by atoms with van der Waals surface area (Å²) in [6, 6.07) is 3.08. The quantitative estimate of drug-likeness (QED) is 0.636. The van der Waals surface area contributed by atoms with Gasteiger partial charge in [0.25, 0.3) is 0 Å². The number of aliphatic carboxylic acids is 1. The number of carboxylic acids is 1. The number of rotatable bonds is 2. The second kappa shape index (κ2) is 3.12. The van der Waals surface area contributed by atoms with E-state index in [2.05, 4.69) is 4.98 Å². The number of aliphatic hydroxyl groups is 1. The highest BCUT2D eigenvalue weighted by Gasteiger charge is 2.14. The van der Waals surface area contributed by atoms with Gasteiger partial charge in [0, 0.05) is 18.0 Å². The molecule has 1 aromatic heterocycles. The lowest BCUT2D eigenvalue weighted by Crippen LogP contribution is -2.10. The molecular weight excluding hydrogens is 146 g/mol. The van der Waals surface area contributed by atoms with E-state index >= 15 is 0 Å². The van der Waals surface area contributed by atoms with Crippen LogP contribution >= 0.6 is 0 Å². The first-order chi connectivity index (χ1) is 5.22. The predicted molar refractivity (Wildman–Crippen MR) is 36.8 cm³/mol. The van der Waals surface area contributed by atoms with Crippen LogP contribution in [0.3, 0.4) is 0 Å². The zero-order valence-electron chi connectivity index (χ0n) is 5.64. The van der Waals surface area contributed by atoms with Crippen LogP contribution in [-0.4, -0.2) is 21.2 Å². The molecule has 0 amide bonds. The molecule has 0 saturated heterocycles. The monoisotopic (exact) mass is 153 g/mol. The summed E-state index contributed by atoms with van der Waals surface area (Å²) in [7, 11) is 0. The van der Waals surface area contributed by atoms with Gasteiger partial charge in [0.1, 0.15) is 0 Å². The van der Waals surface area contributed by atoms with Crippen molar-refractivity contribution in [1.29, 1.82) is 0 Å². The molecule has 0 saturated carbocycles. The van der Waals surface area contributed by atoms with Crippen molar-refractivity contribution in [1.82, 2.24) is 4.98 Å². The molecule has 0 aromatic carbocycles. The second-order valence-corrected chi connectivity index (χ2v) is 2.03. The third-order valence-corrected chi connectivity index (χ3v) is 1.23. The molecule has 4 heteroatoms. The largest absolute Gasteiger partial charge is 0.479 e. The summed E-state index contributed by atoms with van der Waals surface area (Å²) in [5.74, 6) is -1.27. The van der Waals surface area contributed by atoms with Crippen LogP contribution in [0.15, 0.2) is 24.5 Å². The zero-order chi connectivity index (χ0) is 8.27. The third-order valence-electron chi connectivity index (χ3n) is 1.23. The fourth-order valence-corrected chi connectivity index (χ4v) is 0.680. The lowest BCUT2D eigenvalue weighted by Gasteiger charge is -2.02. The number of aliphatic hydroxyl groups excluding tert-OH is 1. The summed E-state index contributed by atoms with van der Waals surface area (Å²) < 4.78 is 0. The molecule has 0 aliphatic heterocycles. The average Bonchev–Trinajstić information content (AvgIpc) is 2.05. The summed E-state index contributed by atoms with van der Waals surface area (Å²) >= 11 is 0. The van der Waals surface area contributed by atoms with E-state index in [0.717, 1.165) is 0 Å². The van der Waals surface area contributed by atoms with E-state index in [0.29, 0.717) is 5.56 Å². The minimum Gasteiger partial charge on any atom is -0.479 e. The Morgan fingerprint density at radius 3 is 2.82 bits per heavy atom. The summed E-state index contributed by atoms with van der Waals surface area (Å²) in [5.41, 5.74) is 0.292. The van der Waals surface area contributed by atoms with Gasteiger partial charge < -0.3 is 10.2 Å². The molecule has 0 radical (unpaired) electrons. The van der Waals surface area contributed by atoms with Crippen molar-refractivity contribution >= 4 is 5.97 Å². The van der Waals surface area contributed by atoms with Gasteiger partial charge in [0.15, 0.2) is 6.10 Å². The van der Waals surface area contributed by atoms with E-state index in [9.17, 15) is 4.79 Å². The Morgan fingerprint density at radius 1 is 1.64 bits per heavy atom. The maximum Gasteiger partial charge on any atom is 0.337 e. The maximum absolute atomic E-state index is 10.2. The average molecular weight is 153 g/mol. The molecule has 0 spiro atoms. The van der Waals surface area contributed by atoms with E-state index in [-0.39, 0.29) is 0 Å². The van der Waals surface area contributed by atoms with Crippen LogP contribution in [0.2, 0.25) is 0 Å². The molecule has 0 aliphatic carbocycles. The Kier molecular flexibility index (Phi) is 2.18. The minimum atomic E-state index is -1.47. The zero-order valence-corrected chi connectivity index (χ0v) is 5.64. The first-order valence-corrected chi connectivity index (χ1v) is 3.02. The first kappa shape index (κ1) is 7.68. The van der Waals surface area contributed by atoms with Gasteiger partial charge in [0.2, 0.25) is 0 Å². The molecule has 1 rings (SSSR count). The van der Waals surface area contributed by atoms with E-state index in [4.69, 9.17) is 10.2 Å². The van der Waals surface area contributed by atoms with Crippen molar-refractivity contribution in [2.75, 3.05) is 0 Å². The lowest BCUT2D eigenvalue weighted by atomic mass is 10.2. The summed E-state index contributed by atoms with van der Waals surface area (Å²) in [6.45, 7) is 0. The third kappa shape index (κ3) is 1.75. The molecule has 1 heterocycles. The Hall–Kier alpha value is -1.42. The highest BCUT2D eigenvalue weighted by Crippen LogP contribution is 2.09. The smallest absolute Gasteiger partial charge is 0.337 e. The number of aromatic nitrogens is 1. The molecule has 1 unspecified atom stereocenters. The fourth-order valence-electron chi connectivity index (χ4n) is 0.680. The van der Waals surface area contributed by atoms with Crippen LogP contribution in [0.5, 0.6) is 0 Å². The molecule has 1 atom stereocenters. The first-order valence-electron chi connectivity index (χ1n) is 3.02.